The molecule has 0 unspecified atom stereocenters. The third-order valence-corrected chi connectivity index (χ3v) is 4.75. The van der Waals surface area contributed by atoms with Gasteiger partial charge < -0.3 is 10.6 Å². The average molecular weight is 322 g/mol. The highest BCUT2D eigenvalue weighted by Gasteiger charge is 2.30. The molecule has 1 aliphatic rings. The lowest BCUT2D eigenvalue weighted by Crippen LogP contribution is -2.44. The monoisotopic (exact) mass is 322 g/mol. The first-order valence-electron chi connectivity index (χ1n) is 8.94. The fourth-order valence-electron chi connectivity index (χ4n) is 3.49. The van der Waals surface area contributed by atoms with E-state index in [9.17, 15) is 4.79 Å². The molecule has 0 aromatic heterocycles. The molecular weight excluding hydrogens is 296 g/mol. The Morgan fingerprint density at radius 2 is 1.62 bits per heavy atom. The van der Waals surface area contributed by atoms with E-state index in [1.54, 1.807) is 0 Å². The van der Waals surface area contributed by atoms with Gasteiger partial charge >= 0.3 is 0 Å². The first-order chi connectivity index (χ1) is 11.8. The van der Waals surface area contributed by atoms with Crippen molar-refractivity contribution in [3.63, 3.8) is 0 Å². The van der Waals surface area contributed by atoms with Crippen LogP contribution in [0.3, 0.4) is 0 Å². The van der Waals surface area contributed by atoms with E-state index in [-0.39, 0.29) is 18.0 Å². The summed E-state index contributed by atoms with van der Waals surface area (Å²) in [6.45, 7) is 2.19. The van der Waals surface area contributed by atoms with Gasteiger partial charge in [0.25, 0.3) is 0 Å². The van der Waals surface area contributed by atoms with Crippen molar-refractivity contribution in [2.75, 3.05) is 0 Å². The van der Waals surface area contributed by atoms with Gasteiger partial charge in [-0.15, -0.1) is 0 Å². The molecule has 1 fully saturated rings. The molecule has 126 valence electrons. The highest BCUT2D eigenvalue weighted by atomic mass is 16.2. The smallest absolute Gasteiger partial charge is 0.237 e. The summed E-state index contributed by atoms with van der Waals surface area (Å²) in [4.78, 5) is 12.8. The Bertz CT molecular complexity index is 602. The molecule has 0 bridgehead atoms. The number of amides is 1. The molecule has 2 aromatic rings. The number of carbonyl (C=O) groups excluding carboxylic acids is 1. The predicted octanol–water partition coefficient (Wildman–Crippen LogP) is 3.81. The van der Waals surface area contributed by atoms with E-state index in [0.717, 1.165) is 36.8 Å². The largest absolute Gasteiger partial charge is 0.344 e. The topological polar surface area (TPSA) is 41.1 Å². The number of hydrogen-bond donors (Lipinski definition) is 2. The second-order valence-corrected chi connectivity index (χ2v) is 6.55. The molecule has 24 heavy (non-hydrogen) atoms. The molecule has 0 radical (unpaired) electrons. The minimum atomic E-state index is -0.105. The SMILES string of the molecule is CCC[C@H]1CC[C@@H](C(=O)NC(c2ccccc2)c2ccccc2)N1. The molecule has 1 amide bonds. The second kappa shape index (κ2) is 8.11. The summed E-state index contributed by atoms with van der Waals surface area (Å²) in [7, 11) is 0. The zero-order valence-electron chi connectivity index (χ0n) is 14.2. The van der Waals surface area contributed by atoms with Gasteiger partial charge in [0.2, 0.25) is 5.91 Å². The van der Waals surface area contributed by atoms with Crippen LogP contribution in [0.25, 0.3) is 0 Å². The number of carbonyl (C=O) groups is 1. The molecule has 0 aliphatic carbocycles. The van der Waals surface area contributed by atoms with Crippen LogP contribution < -0.4 is 10.6 Å². The average Bonchev–Trinajstić information content (AvgIpc) is 3.10. The first kappa shape index (κ1) is 16.7. The third-order valence-electron chi connectivity index (χ3n) is 4.75. The van der Waals surface area contributed by atoms with Crippen LogP contribution >= 0.6 is 0 Å². The van der Waals surface area contributed by atoms with Crippen molar-refractivity contribution in [3.05, 3.63) is 71.8 Å². The van der Waals surface area contributed by atoms with Crippen LogP contribution in [0.5, 0.6) is 0 Å². The summed E-state index contributed by atoms with van der Waals surface area (Å²) >= 11 is 0. The minimum Gasteiger partial charge on any atom is -0.344 e. The molecule has 0 saturated carbocycles. The van der Waals surface area contributed by atoms with Crippen molar-refractivity contribution in [2.24, 2.45) is 0 Å². The van der Waals surface area contributed by atoms with Gasteiger partial charge in [0, 0.05) is 6.04 Å². The molecule has 2 aromatic carbocycles. The Kier molecular flexibility index (Phi) is 5.65. The van der Waals surface area contributed by atoms with Crippen molar-refractivity contribution in [1.29, 1.82) is 0 Å². The molecule has 3 heteroatoms. The Morgan fingerprint density at radius 1 is 1.04 bits per heavy atom. The fraction of sp³-hybridized carbons (Fsp3) is 0.381. The first-order valence-corrected chi connectivity index (χ1v) is 8.94. The zero-order valence-corrected chi connectivity index (χ0v) is 14.2. The van der Waals surface area contributed by atoms with Crippen LogP contribution in [0, 0.1) is 0 Å². The van der Waals surface area contributed by atoms with E-state index in [1.807, 2.05) is 36.4 Å². The maximum Gasteiger partial charge on any atom is 0.237 e. The molecule has 0 spiro atoms. The van der Waals surface area contributed by atoms with E-state index < -0.39 is 0 Å². The molecule has 3 rings (SSSR count). The van der Waals surface area contributed by atoms with E-state index in [1.165, 1.54) is 0 Å². The molecular formula is C21H26N2O. The van der Waals surface area contributed by atoms with Crippen LogP contribution in [0.2, 0.25) is 0 Å². The Morgan fingerprint density at radius 3 is 2.17 bits per heavy atom. The quantitative estimate of drug-likeness (QED) is 0.849. The van der Waals surface area contributed by atoms with Gasteiger partial charge in [0.1, 0.15) is 0 Å². The summed E-state index contributed by atoms with van der Waals surface area (Å²) < 4.78 is 0. The van der Waals surface area contributed by atoms with Crippen molar-refractivity contribution in [1.82, 2.24) is 10.6 Å². The van der Waals surface area contributed by atoms with Crippen molar-refractivity contribution < 1.29 is 4.79 Å². The lowest BCUT2D eigenvalue weighted by atomic mass is 9.98. The van der Waals surface area contributed by atoms with Crippen LogP contribution in [-0.2, 0) is 4.79 Å². The van der Waals surface area contributed by atoms with Crippen LogP contribution in [0.4, 0.5) is 0 Å². The number of benzene rings is 2. The summed E-state index contributed by atoms with van der Waals surface area (Å²) in [6, 6.07) is 20.7. The van der Waals surface area contributed by atoms with Crippen molar-refractivity contribution in [2.45, 2.75) is 50.7 Å². The summed E-state index contributed by atoms with van der Waals surface area (Å²) in [5, 5.41) is 6.74. The zero-order chi connectivity index (χ0) is 16.8. The van der Waals surface area contributed by atoms with Crippen LogP contribution in [-0.4, -0.2) is 18.0 Å². The third kappa shape index (κ3) is 4.04. The Balaban J connectivity index is 1.74. The van der Waals surface area contributed by atoms with E-state index in [0.29, 0.717) is 6.04 Å². The van der Waals surface area contributed by atoms with Crippen LogP contribution in [0.1, 0.15) is 49.8 Å². The van der Waals surface area contributed by atoms with Crippen molar-refractivity contribution in [3.8, 4) is 0 Å². The number of hydrogen-bond acceptors (Lipinski definition) is 2. The van der Waals surface area contributed by atoms with Gasteiger partial charge in [0.05, 0.1) is 12.1 Å². The maximum absolute atomic E-state index is 12.8. The lowest BCUT2D eigenvalue weighted by molar-refractivity contribution is -0.123. The van der Waals surface area contributed by atoms with Gasteiger partial charge in [-0.25, -0.2) is 0 Å². The van der Waals surface area contributed by atoms with Gasteiger partial charge in [-0.05, 0) is 30.4 Å². The highest BCUT2D eigenvalue weighted by molar-refractivity contribution is 5.83. The van der Waals surface area contributed by atoms with E-state index >= 15 is 0 Å². The van der Waals surface area contributed by atoms with E-state index in [4.69, 9.17) is 0 Å². The molecule has 1 heterocycles. The molecule has 1 aliphatic heterocycles. The number of nitrogens with one attached hydrogen (secondary N) is 2. The summed E-state index contributed by atoms with van der Waals surface area (Å²) in [5.74, 6) is 0.103. The molecule has 1 saturated heterocycles. The van der Waals surface area contributed by atoms with Crippen LogP contribution in [0.15, 0.2) is 60.7 Å². The molecule has 2 N–H and O–H groups in total. The fourth-order valence-corrected chi connectivity index (χ4v) is 3.49. The van der Waals surface area contributed by atoms with Gasteiger partial charge in [-0.2, -0.15) is 0 Å². The second-order valence-electron chi connectivity index (χ2n) is 6.55. The minimum absolute atomic E-state index is 0.0727. The standard InChI is InChI=1S/C21H26N2O/c1-2-9-18-14-15-19(22-18)21(24)23-20(16-10-5-3-6-11-16)17-12-7-4-8-13-17/h3-8,10-13,18-20,22H,2,9,14-15H2,1H3,(H,23,24)/t18-,19-/m0/s1. The van der Waals surface area contributed by atoms with Gasteiger partial charge in [-0.3, -0.25) is 4.79 Å². The van der Waals surface area contributed by atoms with Gasteiger partial charge in [-0.1, -0.05) is 74.0 Å². The Hall–Kier alpha value is -2.13. The number of rotatable bonds is 6. The predicted molar refractivity (Wildman–Crippen MR) is 97.7 cm³/mol. The van der Waals surface area contributed by atoms with Crippen molar-refractivity contribution >= 4 is 5.91 Å². The van der Waals surface area contributed by atoms with E-state index in [2.05, 4.69) is 41.8 Å². The van der Waals surface area contributed by atoms with Gasteiger partial charge in [0.15, 0.2) is 0 Å². The Labute approximate surface area is 144 Å². The highest BCUT2D eigenvalue weighted by Crippen LogP contribution is 2.23. The maximum atomic E-state index is 12.8. The molecule has 3 nitrogen and oxygen atoms in total. The molecule has 2 atom stereocenters. The lowest BCUT2D eigenvalue weighted by Gasteiger charge is -2.22. The summed E-state index contributed by atoms with van der Waals surface area (Å²) in [6.07, 6.45) is 4.31. The normalized spacial score (nSPS) is 20.2. The summed E-state index contributed by atoms with van der Waals surface area (Å²) in [5.41, 5.74) is 2.22.